The van der Waals surface area contributed by atoms with Crippen LogP contribution in [-0.2, 0) is 0 Å². The molecule has 0 saturated heterocycles. The van der Waals surface area contributed by atoms with Gasteiger partial charge in [-0.1, -0.05) is 6.08 Å². The maximum Gasteiger partial charge on any atom is 0.0641 e. The van der Waals surface area contributed by atoms with Crippen LogP contribution >= 0.6 is 0 Å². The van der Waals surface area contributed by atoms with Gasteiger partial charge in [0.15, 0.2) is 0 Å². The molecule has 1 saturated carbocycles. The van der Waals surface area contributed by atoms with Crippen LogP contribution in [0.4, 0.5) is 0 Å². The molecule has 0 aromatic carbocycles. The molecular formula is C8H12O. The average Bonchev–Trinajstić information content (AvgIpc) is 2.10. The van der Waals surface area contributed by atoms with Crippen molar-refractivity contribution in [1.29, 1.82) is 0 Å². The van der Waals surface area contributed by atoms with Gasteiger partial charge < -0.3 is 5.11 Å². The van der Waals surface area contributed by atoms with Crippen molar-refractivity contribution in [3.63, 3.8) is 0 Å². The number of rotatable bonds is 1. The Morgan fingerprint density at radius 2 is 2.44 bits per heavy atom. The lowest BCUT2D eigenvalue weighted by Crippen LogP contribution is -2.19. The van der Waals surface area contributed by atoms with Crippen LogP contribution in [0, 0.1) is 11.8 Å². The van der Waals surface area contributed by atoms with E-state index in [2.05, 4.69) is 6.08 Å². The zero-order valence-corrected chi connectivity index (χ0v) is 5.51. The van der Waals surface area contributed by atoms with E-state index in [-0.39, 0.29) is 0 Å². The van der Waals surface area contributed by atoms with Crippen LogP contribution in [0.15, 0.2) is 11.6 Å². The molecule has 0 radical (unpaired) electrons. The number of aliphatic hydroxyl groups is 1. The van der Waals surface area contributed by atoms with E-state index in [0.29, 0.717) is 6.61 Å². The van der Waals surface area contributed by atoms with Crippen molar-refractivity contribution < 1.29 is 5.11 Å². The van der Waals surface area contributed by atoms with Crippen LogP contribution < -0.4 is 0 Å². The van der Waals surface area contributed by atoms with E-state index in [1.54, 1.807) is 0 Å². The fraction of sp³-hybridized carbons (Fsp3) is 0.750. The summed E-state index contributed by atoms with van der Waals surface area (Å²) >= 11 is 0. The lowest BCUT2D eigenvalue weighted by atomic mass is 9.76. The van der Waals surface area contributed by atoms with Gasteiger partial charge in [0.05, 0.1) is 6.61 Å². The zero-order chi connectivity index (χ0) is 6.27. The van der Waals surface area contributed by atoms with E-state index >= 15 is 0 Å². The Morgan fingerprint density at radius 3 is 2.78 bits per heavy atom. The molecule has 2 atom stereocenters. The summed E-state index contributed by atoms with van der Waals surface area (Å²) < 4.78 is 0. The van der Waals surface area contributed by atoms with Gasteiger partial charge in [-0.15, -0.1) is 0 Å². The average molecular weight is 124 g/mol. The molecule has 1 nitrogen and oxygen atoms in total. The number of allylic oxidation sites excluding steroid dienone is 1. The third kappa shape index (κ3) is 0.715. The van der Waals surface area contributed by atoms with Crippen molar-refractivity contribution in [3.05, 3.63) is 11.6 Å². The van der Waals surface area contributed by atoms with Crippen LogP contribution in [-0.4, -0.2) is 11.7 Å². The number of aliphatic hydroxyl groups excluding tert-OH is 1. The molecule has 2 aliphatic carbocycles. The second kappa shape index (κ2) is 1.84. The molecule has 50 valence electrons. The van der Waals surface area contributed by atoms with Gasteiger partial charge in [-0.3, -0.25) is 0 Å². The van der Waals surface area contributed by atoms with Crippen LogP contribution in [0.3, 0.4) is 0 Å². The molecule has 1 heteroatoms. The van der Waals surface area contributed by atoms with E-state index in [1.807, 2.05) is 0 Å². The van der Waals surface area contributed by atoms with Crippen molar-refractivity contribution >= 4 is 0 Å². The maximum absolute atomic E-state index is 8.76. The lowest BCUT2D eigenvalue weighted by molar-refractivity contribution is 0.243. The second-order valence-corrected chi connectivity index (χ2v) is 3.19. The molecular weight excluding hydrogens is 112 g/mol. The van der Waals surface area contributed by atoms with Gasteiger partial charge in [0.1, 0.15) is 0 Å². The minimum Gasteiger partial charge on any atom is -0.392 e. The van der Waals surface area contributed by atoms with Gasteiger partial charge in [-0.25, -0.2) is 0 Å². The van der Waals surface area contributed by atoms with Gasteiger partial charge in [0.2, 0.25) is 0 Å². The molecule has 0 aromatic rings. The molecule has 0 spiro atoms. The molecule has 0 aromatic heterocycles. The van der Waals surface area contributed by atoms with Crippen molar-refractivity contribution in [1.82, 2.24) is 0 Å². The Morgan fingerprint density at radius 1 is 1.56 bits per heavy atom. The van der Waals surface area contributed by atoms with Crippen molar-refractivity contribution in [2.24, 2.45) is 11.8 Å². The summed E-state index contributed by atoms with van der Waals surface area (Å²) in [5.74, 6) is 1.78. The minimum absolute atomic E-state index is 0.299. The number of fused-ring (bicyclic) bond motifs is 1. The summed E-state index contributed by atoms with van der Waals surface area (Å²) in [6.45, 7) is 0.299. The van der Waals surface area contributed by atoms with E-state index < -0.39 is 0 Å². The minimum atomic E-state index is 0.299. The van der Waals surface area contributed by atoms with Crippen molar-refractivity contribution in [2.45, 2.75) is 19.3 Å². The summed E-state index contributed by atoms with van der Waals surface area (Å²) in [6.07, 6.45) is 6.22. The SMILES string of the molecule is OCC1=C[C@@H]2CC[C@@H]2C1. The Balaban J connectivity index is 2.05. The Hall–Kier alpha value is -0.300. The first-order valence-corrected chi connectivity index (χ1v) is 3.70. The molecule has 2 rings (SSSR count). The van der Waals surface area contributed by atoms with E-state index in [9.17, 15) is 0 Å². The highest BCUT2D eigenvalue weighted by Gasteiger charge is 2.34. The second-order valence-electron chi connectivity index (χ2n) is 3.19. The first-order chi connectivity index (χ1) is 4.40. The number of hydrogen-bond donors (Lipinski definition) is 1. The van der Waals surface area contributed by atoms with Crippen LogP contribution in [0.25, 0.3) is 0 Å². The van der Waals surface area contributed by atoms with Crippen molar-refractivity contribution in [3.8, 4) is 0 Å². The fourth-order valence-electron chi connectivity index (χ4n) is 1.89. The van der Waals surface area contributed by atoms with Crippen LogP contribution in [0.2, 0.25) is 0 Å². The Kier molecular flexibility index (Phi) is 1.12. The molecule has 0 bridgehead atoms. The predicted molar refractivity (Wildman–Crippen MR) is 36.0 cm³/mol. The summed E-state index contributed by atoms with van der Waals surface area (Å²) in [4.78, 5) is 0. The van der Waals surface area contributed by atoms with Gasteiger partial charge in [-0.2, -0.15) is 0 Å². The van der Waals surface area contributed by atoms with Crippen LogP contribution in [0.5, 0.6) is 0 Å². The molecule has 0 unspecified atom stereocenters. The maximum atomic E-state index is 8.76. The molecule has 0 amide bonds. The quantitative estimate of drug-likeness (QED) is 0.523. The van der Waals surface area contributed by atoms with E-state index in [4.69, 9.17) is 5.11 Å². The van der Waals surface area contributed by atoms with E-state index in [0.717, 1.165) is 11.8 Å². The first kappa shape index (κ1) is 5.48. The molecule has 2 aliphatic rings. The topological polar surface area (TPSA) is 20.2 Å². The molecule has 9 heavy (non-hydrogen) atoms. The zero-order valence-electron chi connectivity index (χ0n) is 5.51. The Bertz CT molecular complexity index is 149. The van der Waals surface area contributed by atoms with Gasteiger partial charge in [0, 0.05) is 0 Å². The highest BCUT2D eigenvalue weighted by atomic mass is 16.3. The van der Waals surface area contributed by atoms with Gasteiger partial charge in [0.25, 0.3) is 0 Å². The fourth-order valence-corrected chi connectivity index (χ4v) is 1.89. The van der Waals surface area contributed by atoms with E-state index in [1.165, 1.54) is 24.8 Å². The summed E-state index contributed by atoms with van der Waals surface area (Å²) in [6, 6.07) is 0. The normalized spacial score (nSPS) is 39.4. The molecule has 0 aliphatic heterocycles. The molecule has 1 N–H and O–H groups in total. The third-order valence-corrected chi connectivity index (χ3v) is 2.65. The summed E-state index contributed by atoms with van der Waals surface area (Å²) in [7, 11) is 0. The highest BCUT2D eigenvalue weighted by molar-refractivity contribution is 5.17. The molecule has 0 heterocycles. The van der Waals surface area contributed by atoms with Gasteiger partial charge in [-0.05, 0) is 36.7 Å². The van der Waals surface area contributed by atoms with Crippen LogP contribution in [0.1, 0.15) is 19.3 Å². The predicted octanol–water partition coefficient (Wildman–Crippen LogP) is 1.33. The highest BCUT2D eigenvalue weighted by Crippen LogP contribution is 2.44. The molecule has 1 fully saturated rings. The first-order valence-electron chi connectivity index (χ1n) is 3.70. The monoisotopic (exact) mass is 124 g/mol. The third-order valence-electron chi connectivity index (χ3n) is 2.65. The van der Waals surface area contributed by atoms with Gasteiger partial charge >= 0.3 is 0 Å². The summed E-state index contributed by atoms with van der Waals surface area (Å²) in [5, 5.41) is 8.76. The smallest absolute Gasteiger partial charge is 0.0641 e. The lowest BCUT2D eigenvalue weighted by Gasteiger charge is -2.29. The largest absolute Gasteiger partial charge is 0.392 e. The van der Waals surface area contributed by atoms with Crippen molar-refractivity contribution in [2.75, 3.05) is 6.61 Å². The summed E-state index contributed by atoms with van der Waals surface area (Å²) in [5.41, 5.74) is 1.28. The number of hydrogen-bond acceptors (Lipinski definition) is 1. The standard InChI is InChI=1S/C8H12O/c9-5-6-3-7-1-2-8(7)4-6/h3,7-9H,1-2,4-5H2/t7-,8+/m0/s1. The Labute approximate surface area is 55.4 Å².